The normalized spacial score (nSPS) is 13.5. The Kier molecular flexibility index (Phi) is 13.3. The Labute approximate surface area is 226 Å². The van der Waals surface area contributed by atoms with E-state index in [0.717, 1.165) is 23.8 Å². The quantitative estimate of drug-likeness (QED) is 0.193. The van der Waals surface area contributed by atoms with E-state index in [1.165, 1.54) is 73.6 Å². The number of benzene rings is 2. The molecule has 0 heterocycles. The molecule has 1 aliphatic carbocycles. The SMILES string of the molecule is CCCCCCC1(CCCCCC)c2cc([B]OCCCO)ccc2-c2ccc([B-]OCCCO)cc21. The summed E-state index contributed by atoms with van der Waals surface area (Å²) < 4.78 is 11.5. The lowest BCUT2D eigenvalue weighted by molar-refractivity contribution is 0.240. The highest BCUT2D eigenvalue weighted by Crippen LogP contribution is 2.53. The van der Waals surface area contributed by atoms with Gasteiger partial charge in [0.1, 0.15) is 0 Å². The number of aliphatic hydroxyl groups is 2. The third-order valence-corrected chi connectivity index (χ3v) is 7.60. The van der Waals surface area contributed by atoms with Crippen LogP contribution in [0.4, 0.5) is 0 Å². The van der Waals surface area contributed by atoms with E-state index in [-0.39, 0.29) is 18.6 Å². The monoisotopic (exact) mass is 504 g/mol. The number of hydrogen-bond donors (Lipinski definition) is 2. The standard InChI is InChI=1S/C31H46B2O4/c1-3-5-7-9-17-31(18-10-8-6-4-2)29-23-25(32-36-21-11-19-34)13-15-27(29)28-16-14-26(24-30(28)31)33-37-22-12-20-35/h13-16,23-24,34-35H,3-12,17-22H2,1-2H3/q-1. The summed E-state index contributed by atoms with van der Waals surface area (Å²) >= 11 is 0. The van der Waals surface area contributed by atoms with Gasteiger partial charge in [-0.05, 0) is 54.5 Å². The number of rotatable bonds is 20. The molecule has 1 aliphatic rings. The Morgan fingerprint density at radius 1 is 0.730 bits per heavy atom. The van der Waals surface area contributed by atoms with Crippen LogP contribution in [0.1, 0.15) is 102 Å². The predicted molar refractivity (Wildman–Crippen MR) is 156 cm³/mol. The average Bonchev–Trinajstić information content (AvgIpc) is 3.18. The zero-order chi connectivity index (χ0) is 26.3. The first-order chi connectivity index (χ1) is 18.2. The number of hydrogen-bond acceptors (Lipinski definition) is 4. The van der Waals surface area contributed by atoms with E-state index < -0.39 is 0 Å². The molecule has 201 valence electrons. The van der Waals surface area contributed by atoms with Crippen LogP contribution in [0.25, 0.3) is 11.1 Å². The van der Waals surface area contributed by atoms with Crippen LogP contribution >= 0.6 is 0 Å². The summed E-state index contributed by atoms with van der Waals surface area (Å²) in [6, 6.07) is 13.6. The summed E-state index contributed by atoms with van der Waals surface area (Å²) in [5, 5.41) is 18.2. The average molecular weight is 504 g/mol. The van der Waals surface area contributed by atoms with Crippen molar-refractivity contribution in [3.63, 3.8) is 0 Å². The smallest absolute Gasteiger partial charge is 0.329 e. The van der Waals surface area contributed by atoms with Gasteiger partial charge < -0.3 is 19.5 Å². The van der Waals surface area contributed by atoms with Gasteiger partial charge in [-0.2, -0.15) is 0 Å². The predicted octanol–water partition coefficient (Wildman–Crippen LogP) is 5.18. The Morgan fingerprint density at radius 3 is 2.00 bits per heavy atom. The fraction of sp³-hybridized carbons (Fsp3) is 0.613. The Bertz CT molecular complexity index is 858. The second kappa shape index (κ2) is 16.4. The number of aliphatic hydroxyl groups excluding tert-OH is 2. The fourth-order valence-corrected chi connectivity index (χ4v) is 5.65. The van der Waals surface area contributed by atoms with Crippen LogP contribution in [0.2, 0.25) is 0 Å². The van der Waals surface area contributed by atoms with Crippen LogP contribution in [0.5, 0.6) is 0 Å². The summed E-state index contributed by atoms with van der Waals surface area (Å²) in [6.07, 6.45) is 13.6. The molecule has 0 fully saturated rings. The lowest BCUT2D eigenvalue weighted by Gasteiger charge is -2.34. The minimum atomic E-state index is -0.00392. The van der Waals surface area contributed by atoms with Gasteiger partial charge >= 0.3 is 7.48 Å². The molecule has 0 atom stereocenters. The van der Waals surface area contributed by atoms with Crippen molar-refractivity contribution in [3.8, 4) is 11.1 Å². The summed E-state index contributed by atoms with van der Waals surface area (Å²) in [5.41, 5.74) is 7.75. The van der Waals surface area contributed by atoms with E-state index in [1.54, 1.807) is 0 Å². The minimum Gasteiger partial charge on any atom is -0.655 e. The molecule has 0 saturated carbocycles. The third kappa shape index (κ3) is 8.20. The van der Waals surface area contributed by atoms with Gasteiger partial charge in [0.05, 0.1) is 0 Å². The molecule has 2 aromatic rings. The van der Waals surface area contributed by atoms with E-state index in [9.17, 15) is 0 Å². The first kappa shape index (κ1) is 30.0. The molecular formula is C31H46B2O4-. The molecule has 3 radical (unpaired) electrons. The minimum absolute atomic E-state index is 0.00392. The highest BCUT2D eigenvalue weighted by atomic mass is 16.4. The van der Waals surface area contributed by atoms with Gasteiger partial charge in [0.25, 0.3) is 0 Å². The summed E-state index contributed by atoms with van der Waals surface area (Å²) in [4.78, 5) is 0. The first-order valence-electron chi connectivity index (χ1n) is 14.6. The molecule has 0 unspecified atom stereocenters. The summed E-state index contributed by atoms with van der Waals surface area (Å²) in [6.45, 7) is 5.91. The van der Waals surface area contributed by atoms with Gasteiger partial charge in [0.15, 0.2) is 0 Å². The topological polar surface area (TPSA) is 58.9 Å². The maximum atomic E-state index is 9.09. The van der Waals surface area contributed by atoms with Crippen LogP contribution in [0.3, 0.4) is 0 Å². The van der Waals surface area contributed by atoms with E-state index in [4.69, 9.17) is 19.5 Å². The molecule has 2 aromatic carbocycles. The van der Waals surface area contributed by atoms with Crippen LogP contribution in [0.15, 0.2) is 36.4 Å². The highest BCUT2D eigenvalue weighted by molar-refractivity contribution is 6.47. The highest BCUT2D eigenvalue weighted by Gasteiger charge is 2.42. The molecule has 3 rings (SSSR count). The van der Waals surface area contributed by atoms with Gasteiger partial charge in [-0.25, -0.2) is 5.46 Å². The van der Waals surface area contributed by atoms with Gasteiger partial charge in [-0.1, -0.05) is 101 Å². The van der Waals surface area contributed by atoms with Crippen molar-refractivity contribution in [2.24, 2.45) is 0 Å². The molecule has 2 N–H and O–H groups in total. The van der Waals surface area contributed by atoms with Crippen molar-refractivity contribution < 1.29 is 19.5 Å². The molecule has 0 aliphatic heterocycles. The van der Waals surface area contributed by atoms with Crippen LogP contribution in [0, 0.1) is 0 Å². The summed E-state index contributed by atoms with van der Waals surface area (Å²) in [5.74, 6) is 0. The maximum Gasteiger partial charge on any atom is 0.329 e. The molecule has 37 heavy (non-hydrogen) atoms. The zero-order valence-corrected chi connectivity index (χ0v) is 23.1. The zero-order valence-electron chi connectivity index (χ0n) is 23.1. The maximum absolute atomic E-state index is 9.09. The fourth-order valence-electron chi connectivity index (χ4n) is 5.65. The third-order valence-electron chi connectivity index (χ3n) is 7.60. The molecule has 0 saturated heterocycles. The van der Waals surface area contributed by atoms with Crippen molar-refractivity contribution >= 4 is 25.9 Å². The molecule has 6 heteroatoms. The molecular weight excluding hydrogens is 458 g/mol. The van der Waals surface area contributed by atoms with Gasteiger partial charge in [0.2, 0.25) is 0 Å². The van der Waals surface area contributed by atoms with E-state index in [0.29, 0.717) is 26.1 Å². The van der Waals surface area contributed by atoms with Gasteiger partial charge in [-0.15, -0.1) is 13.5 Å². The van der Waals surface area contributed by atoms with E-state index >= 15 is 0 Å². The molecule has 0 amide bonds. The molecule has 0 spiro atoms. The summed E-state index contributed by atoms with van der Waals surface area (Å²) in [7, 11) is 3.71. The van der Waals surface area contributed by atoms with Crippen molar-refractivity contribution in [1.82, 2.24) is 0 Å². The van der Waals surface area contributed by atoms with E-state index in [2.05, 4.69) is 50.2 Å². The van der Waals surface area contributed by atoms with Crippen molar-refractivity contribution in [1.29, 1.82) is 0 Å². The first-order valence-corrected chi connectivity index (χ1v) is 14.6. The molecule has 0 aromatic heterocycles. The van der Waals surface area contributed by atoms with Crippen LogP contribution < -0.4 is 10.9 Å². The van der Waals surface area contributed by atoms with Crippen molar-refractivity contribution in [2.75, 3.05) is 26.4 Å². The largest absolute Gasteiger partial charge is 0.655 e. The van der Waals surface area contributed by atoms with Crippen molar-refractivity contribution in [3.05, 3.63) is 47.5 Å². The lowest BCUT2D eigenvalue weighted by Crippen LogP contribution is -2.29. The Balaban J connectivity index is 1.97. The van der Waals surface area contributed by atoms with Gasteiger partial charge in [-0.3, -0.25) is 0 Å². The van der Waals surface area contributed by atoms with Crippen molar-refractivity contribution in [2.45, 2.75) is 96.3 Å². The second-order valence-electron chi connectivity index (χ2n) is 10.4. The van der Waals surface area contributed by atoms with Gasteiger partial charge in [0, 0.05) is 25.2 Å². The number of unbranched alkanes of at least 4 members (excludes halogenated alkanes) is 6. The second-order valence-corrected chi connectivity index (χ2v) is 10.4. The Hall–Kier alpha value is -1.59. The van der Waals surface area contributed by atoms with Crippen LogP contribution in [-0.4, -0.2) is 51.6 Å². The molecule has 0 bridgehead atoms. The Morgan fingerprint density at radius 2 is 1.35 bits per heavy atom. The van der Waals surface area contributed by atoms with Crippen LogP contribution in [-0.2, 0) is 14.7 Å². The number of fused-ring (bicyclic) bond motifs is 3. The molecule has 4 nitrogen and oxygen atoms in total. The lowest BCUT2D eigenvalue weighted by atomic mass is 9.68. The van der Waals surface area contributed by atoms with E-state index in [1.807, 2.05) is 15.0 Å².